The lowest BCUT2D eigenvalue weighted by atomic mass is 9.98. The van der Waals surface area contributed by atoms with Crippen LogP contribution in [0.5, 0.6) is 0 Å². The average Bonchev–Trinajstić information content (AvgIpc) is 2.35. The second kappa shape index (κ2) is 12.5. The number of allylic oxidation sites excluding steroid dienone is 1. The van der Waals surface area contributed by atoms with Crippen LogP contribution < -0.4 is 0 Å². The highest BCUT2D eigenvalue weighted by molar-refractivity contribution is 5.17. The van der Waals surface area contributed by atoms with Crippen molar-refractivity contribution >= 4 is 0 Å². The Morgan fingerprint density at radius 1 is 1.25 bits per heavy atom. The highest BCUT2D eigenvalue weighted by Crippen LogP contribution is 2.20. The summed E-state index contributed by atoms with van der Waals surface area (Å²) in [5.41, 5.74) is 3.23. The molecule has 1 heteroatoms. The van der Waals surface area contributed by atoms with E-state index in [0.29, 0.717) is 0 Å². The molecule has 0 aromatic rings. The van der Waals surface area contributed by atoms with Gasteiger partial charge < -0.3 is 4.90 Å². The molecular formula is C15H31N. The zero-order chi connectivity index (χ0) is 13.0. The fourth-order valence-corrected chi connectivity index (χ4v) is 1.64. The van der Waals surface area contributed by atoms with E-state index in [1.54, 1.807) is 11.1 Å². The molecule has 96 valence electrons. The first-order valence-corrected chi connectivity index (χ1v) is 6.71. The molecule has 0 unspecified atom stereocenters. The zero-order valence-corrected chi connectivity index (χ0v) is 12.3. The Morgan fingerprint density at radius 3 is 2.31 bits per heavy atom. The maximum absolute atomic E-state index is 3.75. The van der Waals surface area contributed by atoms with E-state index >= 15 is 0 Å². The molecule has 1 aliphatic rings. The van der Waals surface area contributed by atoms with Gasteiger partial charge in [0.25, 0.3) is 0 Å². The van der Waals surface area contributed by atoms with Crippen LogP contribution in [0.25, 0.3) is 0 Å². The van der Waals surface area contributed by atoms with Gasteiger partial charge in [0, 0.05) is 13.1 Å². The first-order chi connectivity index (χ1) is 7.74. The normalized spacial score (nSPS) is 15.6. The predicted molar refractivity (Wildman–Crippen MR) is 76.9 cm³/mol. The van der Waals surface area contributed by atoms with Gasteiger partial charge in [-0.15, -0.1) is 6.58 Å². The third-order valence-electron chi connectivity index (χ3n) is 2.58. The standard InChI is InChI=1S/C11H19N.2C2H6/c1-4-5-6-11-9-12(3)8-7-10(11)2;2*1-2/h4H,1,5-9H2,2-3H3;2*1-2H3. The predicted octanol–water partition coefficient (Wildman–Crippen LogP) is 4.66. The summed E-state index contributed by atoms with van der Waals surface area (Å²) in [7, 11) is 2.19. The van der Waals surface area contributed by atoms with E-state index in [0.717, 1.165) is 6.42 Å². The van der Waals surface area contributed by atoms with Crippen LogP contribution in [0.3, 0.4) is 0 Å². The third kappa shape index (κ3) is 7.70. The van der Waals surface area contributed by atoms with Gasteiger partial charge in [0.15, 0.2) is 0 Å². The van der Waals surface area contributed by atoms with Gasteiger partial charge in [0.05, 0.1) is 0 Å². The molecular weight excluding hydrogens is 194 g/mol. The van der Waals surface area contributed by atoms with Gasteiger partial charge in [-0.05, 0) is 33.2 Å². The van der Waals surface area contributed by atoms with E-state index in [1.165, 1.54) is 25.9 Å². The van der Waals surface area contributed by atoms with Crippen molar-refractivity contribution in [3.8, 4) is 0 Å². The van der Waals surface area contributed by atoms with E-state index in [9.17, 15) is 0 Å². The first kappa shape index (κ1) is 17.8. The van der Waals surface area contributed by atoms with Crippen LogP contribution in [-0.2, 0) is 0 Å². The van der Waals surface area contributed by atoms with Crippen LogP contribution in [0.4, 0.5) is 0 Å². The summed E-state index contributed by atoms with van der Waals surface area (Å²) in [4.78, 5) is 2.39. The monoisotopic (exact) mass is 225 g/mol. The van der Waals surface area contributed by atoms with Crippen molar-refractivity contribution < 1.29 is 0 Å². The summed E-state index contributed by atoms with van der Waals surface area (Å²) in [5, 5.41) is 0. The summed E-state index contributed by atoms with van der Waals surface area (Å²) in [6.07, 6.45) is 5.60. The van der Waals surface area contributed by atoms with Crippen molar-refractivity contribution in [3.05, 3.63) is 23.8 Å². The van der Waals surface area contributed by atoms with E-state index in [-0.39, 0.29) is 0 Å². The van der Waals surface area contributed by atoms with Crippen LogP contribution in [0.1, 0.15) is 53.9 Å². The molecule has 0 fully saturated rings. The minimum Gasteiger partial charge on any atom is -0.302 e. The van der Waals surface area contributed by atoms with Crippen LogP contribution >= 0.6 is 0 Å². The Labute approximate surface area is 103 Å². The fourth-order valence-electron chi connectivity index (χ4n) is 1.64. The number of hydrogen-bond donors (Lipinski definition) is 0. The average molecular weight is 225 g/mol. The van der Waals surface area contributed by atoms with Crippen molar-refractivity contribution in [2.45, 2.75) is 53.9 Å². The summed E-state index contributed by atoms with van der Waals surface area (Å²) in [6.45, 7) is 16.4. The largest absolute Gasteiger partial charge is 0.302 e. The number of rotatable bonds is 3. The smallest absolute Gasteiger partial charge is 0.0192 e. The molecule has 1 rings (SSSR count). The van der Waals surface area contributed by atoms with E-state index in [4.69, 9.17) is 0 Å². The van der Waals surface area contributed by atoms with Crippen LogP contribution in [-0.4, -0.2) is 25.0 Å². The molecule has 0 radical (unpaired) electrons. The van der Waals surface area contributed by atoms with Gasteiger partial charge in [-0.3, -0.25) is 0 Å². The summed E-state index contributed by atoms with van der Waals surface area (Å²) >= 11 is 0. The minimum absolute atomic E-state index is 1.13. The zero-order valence-electron chi connectivity index (χ0n) is 12.3. The molecule has 0 aromatic carbocycles. The lowest BCUT2D eigenvalue weighted by molar-refractivity contribution is 0.343. The van der Waals surface area contributed by atoms with Gasteiger partial charge in [0.2, 0.25) is 0 Å². The second-order valence-corrected chi connectivity index (χ2v) is 3.70. The van der Waals surface area contributed by atoms with E-state index in [1.807, 2.05) is 33.8 Å². The van der Waals surface area contributed by atoms with Gasteiger partial charge in [-0.25, -0.2) is 0 Å². The second-order valence-electron chi connectivity index (χ2n) is 3.70. The SMILES string of the molecule is C=CCCC1=C(C)CCN(C)C1.CC.CC. The number of nitrogens with zero attached hydrogens (tertiary/aromatic N) is 1. The van der Waals surface area contributed by atoms with Crippen LogP contribution in [0.2, 0.25) is 0 Å². The topological polar surface area (TPSA) is 3.24 Å². The molecule has 0 aliphatic carbocycles. The lowest BCUT2D eigenvalue weighted by Gasteiger charge is -2.26. The van der Waals surface area contributed by atoms with Crippen molar-refractivity contribution in [2.75, 3.05) is 20.1 Å². The Kier molecular flexibility index (Phi) is 13.9. The summed E-state index contributed by atoms with van der Waals surface area (Å²) in [6, 6.07) is 0. The minimum atomic E-state index is 1.13. The van der Waals surface area contributed by atoms with Crippen LogP contribution in [0.15, 0.2) is 23.8 Å². The van der Waals surface area contributed by atoms with Crippen LogP contribution in [0, 0.1) is 0 Å². The van der Waals surface area contributed by atoms with E-state index < -0.39 is 0 Å². The molecule has 0 bridgehead atoms. The molecule has 0 amide bonds. The molecule has 0 spiro atoms. The Morgan fingerprint density at radius 2 is 1.81 bits per heavy atom. The van der Waals surface area contributed by atoms with E-state index in [2.05, 4.69) is 25.5 Å². The van der Waals surface area contributed by atoms with Crippen molar-refractivity contribution in [1.29, 1.82) is 0 Å². The molecule has 1 aliphatic heterocycles. The number of hydrogen-bond acceptors (Lipinski definition) is 1. The van der Waals surface area contributed by atoms with Gasteiger partial charge in [0.1, 0.15) is 0 Å². The maximum Gasteiger partial charge on any atom is 0.0192 e. The Bertz CT molecular complexity index is 192. The molecule has 0 atom stereocenters. The lowest BCUT2D eigenvalue weighted by Crippen LogP contribution is -2.27. The molecule has 0 aromatic heterocycles. The summed E-state index contributed by atoms with van der Waals surface area (Å²) in [5.74, 6) is 0. The molecule has 0 saturated heterocycles. The highest BCUT2D eigenvalue weighted by Gasteiger charge is 2.11. The van der Waals surface area contributed by atoms with Gasteiger partial charge >= 0.3 is 0 Å². The first-order valence-electron chi connectivity index (χ1n) is 6.71. The van der Waals surface area contributed by atoms with Crippen molar-refractivity contribution in [3.63, 3.8) is 0 Å². The van der Waals surface area contributed by atoms with Gasteiger partial charge in [-0.2, -0.15) is 0 Å². The highest BCUT2D eigenvalue weighted by atomic mass is 15.1. The third-order valence-corrected chi connectivity index (χ3v) is 2.58. The Balaban J connectivity index is 0. The molecule has 0 saturated carbocycles. The fraction of sp³-hybridized carbons (Fsp3) is 0.733. The quantitative estimate of drug-likeness (QED) is 0.632. The summed E-state index contributed by atoms with van der Waals surface area (Å²) < 4.78 is 0. The molecule has 0 N–H and O–H groups in total. The Hall–Kier alpha value is -0.560. The van der Waals surface area contributed by atoms with Gasteiger partial charge in [-0.1, -0.05) is 44.9 Å². The van der Waals surface area contributed by atoms with Crippen molar-refractivity contribution in [2.24, 2.45) is 0 Å². The molecule has 1 nitrogen and oxygen atoms in total. The molecule has 16 heavy (non-hydrogen) atoms. The molecule has 1 heterocycles. The number of likely N-dealkylation sites (N-methyl/N-ethyl adjacent to an activating group) is 1. The van der Waals surface area contributed by atoms with Crippen molar-refractivity contribution in [1.82, 2.24) is 4.90 Å². The maximum atomic E-state index is 3.75.